The summed E-state index contributed by atoms with van der Waals surface area (Å²) in [5, 5.41) is 16.0. The van der Waals surface area contributed by atoms with Gasteiger partial charge in [0.2, 0.25) is 4.96 Å². The lowest BCUT2D eigenvalue weighted by atomic mass is 10.1. The van der Waals surface area contributed by atoms with Crippen LogP contribution in [-0.4, -0.2) is 32.3 Å². The minimum absolute atomic E-state index is 0.00464. The average Bonchev–Trinajstić information content (AvgIpc) is 3.30. The Morgan fingerprint density at radius 3 is 2.79 bits per heavy atom. The minimum Gasteiger partial charge on any atom is -0.483 e. The van der Waals surface area contributed by atoms with Crippen LogP contribution in [0.2, 0.25) is 0 Å². The van der Waals surface area contributed by atoms with E-state index < -0.39 is 0 Å². The van der Waals surface area contributed by atoms with Crippen molar-refractivity contribution in [3.05, 3.63) is 65.5 Å². The summed E-state index contributed by atoms with van der Waals surface area (Å²) in [6, 6.07) is 13.7. The lowest BCUT2D eigenvalue weighted by Gasteiger charge is -2.11. The second kappa shape index (κ2) is 7.77. The number of nitrogens with zero attached hydrogens (tertiary/aromatic N) is 4. The van der Waals surface area contributed by atoms with Crippen molar-refractivity contribution in [1.82, 2.24) is 25.1 Å². The summed E-state index contributed by atoms with van der Waals surface area (Å²) in [4.78, 5) is 12.8. The fourth-order valence-electron chi connectivity index (χ4n) is 2.72. The first-order valence-electron chi connectivity index (χ1n) is 8.82. The number of hydrogen-bond acceptors (Lipinski definition) is 6. The molecule has 4 rings (SSSR count). The average molecular weight is 393 g/mol. The molecule has 7 nitrogen and oxygen atoms in total. The van der Waals surface area contributed by atoms with E-state index in [0.717, 1.165) is 38.0 Å². The Balaban J connectivity index is 1.31. The third-order valence-electron chi connectivity index (χ3n) is 4.49. The van der Waals surface area contributed by atoms with Gasteiger partial charge in [-0.15, -0.1) is 10.2 Å². The number of ether oxygens (including phenoxy) is 1. The zero-order valence-corrected chi connectivity index (χ0v) is 16.4. The topological polar surface area (TPSA) is 81.4 Å². The zero-order chi connectivity index (χ0) is 19.5. The summed E-state index contributed by atoms with van der Waals surface area (Å²) in [5.74, 6) is 0.586. The van der Waals surface area contributed by atoms with Crippen molar-refractivity contribution < 1.29 is 9.53 Å². The molecule has 142 valence electrons. The molecule has 0 spiro atoms. The molecule has 0 fully saturated rings. The van der Waals surface area contributed by atoms with Crippen LogP contribution in [-0.2, 0) is 11.3 Å². The summed E-state index contributed by atoms with van der Waals surface area (Å²) < 4.78 is 7.29. The number of aryl methyl sites for hydroxylation is 1. The SMILES string of the molecule is Cc1cccc(OCC(=O)NCc2ccc(-c3nn4cnnc4s3)cc2)c1C. The number of aromatic nitrogens is 4. The van der Waals surface area contributed by atoms with Crippen molar-refractivity contribution >= 4 is 22.2 Å². The van der Waals surface area contributed by atoms with Crippen LogP contribution in [0.3, 0.4) is 0 Å². The molecule has 0 radical (unpaired) electrons. The highest BCUT2D eigenvalue weighted by Crippen LogP contribution is 2.25. The summed E-state index contributed by atoms with van der Waals surface area (Å²) in [6.07, 6.45) is 1.58. The standard InChI is InChI=1S/C20H19N5O2S/c1-13-4-3-5-17(14(13)2)27-11-18(26)21-10-15-6-8-16(9-7-15)19-24-25-12-22-23-20(25)28-19/h3-9,12H,10-11H2,1-2H3,(H,21,26). The minimum atomic E-state index is -0.154. The summed E-state index contributed by atoms with van der Waals surface area (Å²) in [6.45, 7) is 4.45. The van der Waals surface area contributed by atoms with Gasteiger partial charge in [-0.3, -0.25) is 4.79 Å². The van der Waals surface area contributed by atoms with Gasteiger partial charge in [0.15, 0.2) is 6.61 Å². The van der Waals surface area contributed by atoms with E-state index >= 15 is 0 Å². The molecule has 0 saturated carbocycles. The second-order valence-corrected chi connectivity index (χ2v) is 7.38. The lowest BCUT2D eigenvalue weighted by molar-refractivity contribution is -0.123. The number of rotatable bonds is 6. The van der Waals surface area contributed by atoms with Gasteiger partial charge < -0.3 is 10.1 Å². The van der Waals surface area contributed by atoms with Gasteiger partial charge in [0.05, 0.1) is 0 Å². The van der Waals surface area contributed by atoms with Gasteiger partial charge in [0, 0.05) is 12.1 Å². The predicted octanol–water partition coefficient (Wildman–Crippen LogP) is 3.16. The first-order chi connectivity index (χ1) is 13.6. The molecule has 0 aliphatic heterocycles. The zero-order valence-electron chi connectivity index (χ0n) is 15.5. The van der Waals surface area contributed by atoms with Crippen LogP contribution >= 0.6 is 11.3 Å². The Morgan fingerprint density at radius 2 is 2.00 bits per heavy atom. The molecule has 0 bridgehead atoms. The molecule has 8 heteroatoms. The molecule has 1 N–H and O–H groups in total. The fourth-order valence-corrected chi connectivity index (χ4v) is 3.54. The van der Waals surface area contributed by atoms with Crippen LogP contribution in [0.15, 0.2) is 48.8 Å². The van der Waals surface area contributed by atoms with Crippen LogP contribution in [0.5, 0.6) is 5.75 Å². The molecule has 0 saturated heterocycles. The van der Waals surface area contributed by atoms with Crippen molar-refractivity contribution in [2.75, 3.05) is 6.61 Å². The van der Waals surface area contributed by atoms with E-state index in [1.165, 1.54) is 11.3 Å². The van der Waals surface area contributed by atoms with Gasteiger partial charge in [-0.2, -0.15) is 9.61 Å². The predicted molar refractivity (Wildman–Crippen MR) is 107 cm³/mol. The van der Waals surface area contributed by atoms with Crippen molar-refractivity contribution in [3.63, 3.8) is 0 Å². The highest BCUT2D eigenvalue weighted by atomic mass is 32.1. The van der Waals surface area contributed by atoms with E-state index in [-0.39, 0.29) is 12.5 Å². The molecule has 2 heterocycles. The number of hydrogen-bond donors (Lipinski definition) is 1. The van der Waals surface area contributed by atoms with E-state index in [1.54, 1.807) is 10.8 Å². The summed E-state index contributed by atoms with van der Waals surface area (Å²) in [5.41, 5.74) is 4.20. The van der Waals surface area contributed by atoms with E-state index in [1.807, 2.05) is 56.3 Å². The summed E-state index contributed by atoms with van der Waals surface area (Å²) in [7, 11) is 0. The maximum absolute atomic E-state index is 12.1. The molecule has 0 atom stereocenters. The Kier molecular flexibility index (Phi) is 5.03. The molecule has 0 unspecified atom stereocenters. The maximum atomic E-state index is 12.1. The molecule has 0 aliphatic rings. The largest absolute Gasteiger partial charge is 0.483 e. The number of benzene rings is 2. The molecule has 2 aromatic heterocycles. The fraction of sp³-hybridized carbons (Fsp3) is 0.200. The number of nitrogens with one attached hydrogen (secondary N) is 1. The normalized spacial score (nSPS) is 10.9. The molecule has 1 amide bonds. The lowest BCUT2D eigenvalue weighted by Crippen LogP contribution is -2.28. The first kappa shape index (κ1) is 18.1. The first-order valence-corrected chi connectivity index (χ1v) is 9.63. The van der Waals surface area contributed by atoms with Crippen LogP contribution in [0.4, 0.5) is 0 Å². The van der Waals surface area contributed by atoms with Gasteiger partial charge in [-0.05, 0) is 36.6 Å². The quantitative estimate of drug-likeness (QED) is 0.544. The van der Waals surface area contributed by atoms with Gasteiger partial charge in [0.25, 0.3) is 5.91 Å². The molecular formula is C20H19N5O2S. The molecule has 2 aromatic carbocycles. The molecule has 0 aliphatic carbocycles. The number of amides is 1. The van der Waals surface area contributed by atoms with Crippen LogP contribution < -0.4 is 10.1 Å². The number of fused-ring (bicyclic) bond motifs is 1. The monoisotopic (exact) mass is 393 g/mol. The van der Waals surface area contributed by atoms with Crippen LogP contribution in [0, 0.1) is 13.8 Å². The smallest absolute Gasteiger partial charge is 0.258 e. The number of carbonyl (C=O) groups excluding carboxylic acids is 1. The van der Waals surface area contributed by atoms with Gasteiger partial charge >= 0.3 is 0 Å². The van der Waals surface area contributed by atoms with Crippen molar-refractivity contribution in [1.29, 1.82) is 0 Å². The van der Waals surface area contributed by atoms with E-state index in [0.29, 0.717) is 6.54 Å². The third-order valence-corrected chi connectivity index (χ3v) is 5.45. The van der Waals surface area contributed by atoms with Gasteiger partial charge in [0.1, 0.15) is 17.1 Å². The maximum Gasteiger partial charge on any atom is 0.258 e. The Bertz CT molecular complexity index is 1090. The van der Waals surface area contributed by atoms with E-state index in [4.69, 9.17) is 4.74 Å². The van der Waals surface area contributed by atoms with Crippen molar-refractivity contribution in [2.45, 2.75) is 20.4 Å². The molecular weight excluding hydrogens is 374 g/mol. The van der Waals surface area contributed by atoms with Crippen LogP contribution in [0.1, 0.15) is 16.7 Å². The van der Waals surface area contributed by atoms with Crippen LogP contribution in [0.25, 0.3) is 15.5 Å². The summed E-state index contributed by atoms with van der Waals surface area (Å²) >= 11 is 1.48. The van der Waals surface area contributed by atoms with Gasteiger partial charge in [-0.1, -0.05) is 47.7 Å². The highest BCUT2D eigenvalue weighted by molar-refractivity contribution is 7.19. The van der Waals surface area contributed by atoms with Crippen molar-refractivity contribution in [3.8, 4) is 16.3 Å². The Morgan fingerprint density at radius 1 is 1.18 bits per heavy atom. The molecule has 28 heavy (non-hydrogen) atoms. The van der Waals surface area contributed by atoms with Gasteiger partial charge in [-0.25, -0.2) is 0 Å². The Labute approximate surface area is 166 Å². The van der Waals surface area contributed by atoms with E-state index in [2.05, 4.69) is 20.6 Å². The highest BCUT2D eigenvalue weighted by Gasteiger charge is 2.09. The van der Waals surface area contributed by atoms with Crippen molar-refractivity contribution in [2.24, 2.45) is 0 Å². The third kappa shape index (κ3) is 3.86. The molecule has 4 aromatic rings. The van der Waals surface area contributed by atoms with E-state index in [9.17, 15) is 4.79 Å². The second-order valence-electron chi connectivity index (χ2n) is 6.43. The Hall–Kier alpha value is -3.26. The number of carbonyl (C=O) groups is 1.